The molecule has 162 valence electrons. The number of carbonyl (C=O) groups excluding carboxylic acids is 1. The summed E-state index contributed by atoms with van der Waals surface area (Å²) in [6, 6.07) is 0. The quantitative estimate of drug-likeness (QED) is 0.227. The van der Waals surface area contributed by atoms with Gasteiger partial charge in [-0.15, -0.1) is 0 Å². The maximum Gasteiger partial charge on any atom is 0.331 e. The fraction of sp³-hybridized carbons (Fsp3) is 0.750. The highest BCUT2D eigenvalue weighted by Crippen LogP contribution is 2.26. The fourth-order valence-electron chi connectivity index (χ4n) is 4.03. The summed E-state index contributed by atoms with van der Waals surface area (Å²) < 4.78 is 4.69. The highest BCUT2D eigenvalue weighted by atomic mass is 16.5. The first-order valence-electron chi connectivity index (χ1n) is 10.7. The van der Waals surface area contributed by atoms with E-state index in [-0.39, 0.29) is 18.0 Å². The number of carboxylic acid groups (broad SMARTS) is 1. The van der Waals surface area contributed by atoms with Crippen LogP contribution in [0.15, 0.2) is 23.3 Å². The predicted octanol–water partition coefficient (Wildman–Crippen LogP) is 6.27. The van der Waals surface area contributed by atoms with Gasteiger partial charge in [-0.3, -0.25) is 4.79 Å². The largest absolute Gasteiger partial charge is 0.478 e. The van der Waals surface area contributed by atoms with Gasteiger partial charge in [0.05, 0.1) is 13.0 Å². The molecule has 28 heavy (non-hydrogen) atoms. The van der Waals surface area contributed by atoms with Crippen LogP contribution in [-0.4, -0.2) is 24.2 Å². The third kappa shape index (κ3) is 11.3. The minimum Gasteiger partial charge on any atom is -0.478 e. The molecule has 0 fully saturated rings. The maximum atomic E-state index is 11.6. The lowest BCUT2D eigenvalue weighted by Crippen LogP contribution is -2.16. The number of esters is 1. The third-order valence-electron chi connectivity index (χ3n) is 5.43. The van der Waals surface area contributed by atoms with Crippen molar-refractivity contribution in [1.82, 2.24) is 0 Å². The summed E-state index contributed by atoms with van der Waals surface area (Å²) >= 11 is 0. The summed E-state index contributed by atoms with van der Waals surface area (Å²) in [4.78, 5) is 23.1. The van der Waals surface area contributed by atoms with Gasteiger partial charge in [-0.1, -0.05) is 59.6 Å². The Bertz CT molecular complexity index is 547. The Hall–Kier alpha value is -1.58. The van der Waals surface area contributed by atoms with Crippen LogP contribution in [0.1, 0.15) is 80.6 Å². The molecule has 0 saturated carbocycles. The molecule has 0 aromatic heterocycles. The van der Waals surface area contributed by atoms with Crippen LogP contribution in [0.5, 0.6) is 0 Å². The van der Waals surface area contributed by atoms with Crippen molar-refractivity contribution in [2.24, 2.45) is 29.6 Å². The predicted molar refractivity (Wildman–Crippen MR) is 116 cm³/mol. The molecule has 0 radical (unpaired) electrons. The van der Waals surface area contributed by atoms with Crippen LogP contribution in [-0.2, 0) is 14.3 Å². The topological polar surface area (TPSA) is 63.6 Å². The zero-order chi connectivity index (χ0) is 21.9. The molecule has 0 saturated heterocycles. The van der Waals surface area contributed by atoms with Crippen molar-refractivity contribution in [2.45, 2.75) is 80.6 Å². The molecule has 0 aliphatic heterocycles. The Morgan fingerprint density at radius 1 is 0.964 bits per heavy atom. The molecule has 1 N–H and O–H groups in total. The molecule has 4 heteroatoms. The minimum absolute atomic E-state index is 0.172. The van der Waals surface area contributed by atoms with Gasteiger partial charge in [0.25, 0.3) is 0 Å². The van der Waals surface area contributed by atoms with E-state index in [1.165, 1.54) is 26.4 Å². The molecule has 0 spiro atoms. The molecule has 0 rings (SSSR count). The van der Waals surface area contributed by atoms with Crippen molar-refractivity contribution < 1.29 is 19.4 Å². The van der Waals surface area contributed by atoms with E-state index in [0.717, 1.165) is 23.8 Å². The molecule has 0 bridgehead atoms. The van der Waals surface area contributed by atoms with Crippen molar-refractivity contribution in [3.05, 3.63) is 23.3 Å². The standard InChI is InChI=1S/C24H42O4/c1-9-16(2)10-17(3)11-18(4)12-19(5)13-20(6)14-22(23(25)26)15-21(7)24(27)28-8/h13-14,16-19,21H,9-12,15H2,1-8H3,(H,25,26). The molecular formula is C24H42O4. The van der Waals surface area contributed by atoms with E-state index in [2.05, 4.69) is 40.7 Å². The molecule has 5 unspecified atom stereocenters. The number of rotatable bonds is 13. The molecule has 0 amide bonds. The second-order valence-corrected chi connectivity index (χ2v) is 8.92. The number of carboxylic acids is 1. The van der Waals surface area contributed by atoms with Gasteiger partial charge in [-0.25, -0.2) is 4.79 Å². The molecular weight excluding hydrogens is 352 g/mol. The molecule has 0 aliphatic rings. The van der Waals surface area contributed by atoms with E-state index in [9.17, 15) is 14.7 Å². The van der Waals surface area contributed by atoms with Crippen molar-refractivity contribution in [3.8, 4) is 0 Å². The number of aliphatic carboxylic acids is 1. The van der Waals surface area contributed by atoms with Gasteiger partial charge in [-0.2, -0.15) is 0 Å². The number of hydrogen-bond acceptors (Lipinski definition) is 3. The summed E-state index contributed by atoms with van der Waals surface area (Å²) in [5.74, 6) is 0.709. The van der Waals surface area contributed by atoms with Crippen molar-refractivity contribution in [1.29, 1.82) is 0 Å². The maximum absolute atomic E-state index is 11.6. The Morgan fingerprint density at radius 3 is 2.00 bits per heavy atom. The number of carbonyl (C=O) groups is 2. The smallest absolute Gasteiger partial charge is 0.331 e. The van der Waals surface area contributed by atoms with E-state index in [0.29, 0.717) is 11.8 Å². The molecule has 5 atom stereocenters. The highest BCUT2D eigenvalue weighted by Gasteiger charge is 2.19. The summed E-state index contributed by atoms with van der Waals surface area (Å²) in [7, 11) is 1.32. The van der Waals surface area contributed by atoms with Crippen LogP contribution >= 0.6 is 0 Å². The fourth-order valence-corrected chi connectivity index (χ4v) is 4.03. The lowest BCUT2D eigenvalue weighted by atomic mass is 9.84. The highest BCUT2D eigenvalue weighted by molar-refractivity contribution is 5.88. The lowest BCUT2D eigenvalue weighted by Gasteiger charge is -2.21. The molecule has 0 aliphatic carbocycles. The SMILES string of the molecule is CCC(C)CC(C)CC(C)CC(C)C=C(C)C=C(CC(C)C(=O)OC)C(=O)O. The average molecular weight is 395 g/mol. The van der Waals surface area contributed by atoms with Gasteiger partial charge >= 0.3 is 11.9 Å². The normalized spacial score (nSPS) is 18.1. The first kappa shape index (κ1) is 26.4. The molecule has 0 heterocycles. The van der Waals surface area contributed by atoms with Crippen LogP contribution < -0.4 is 0 Å². The van der Waals surface area contributed by atoms with Gasteiger partial charge in [0.1, 0.15) is 0 Å². The monoisotopic (exact) mass is 394 g/mol. The first-order chi connectivity index (χ1) is 13.0. The van der Waals surface area contributed by atoms with Crippen molar-refractivity contribution >= 4 is 11.9 Å². The van der Waals surface area contributed by atoms with Crippen LogP contribution in [0, 0.1) is 29.6 Å². The van der Waals surface area contributed by atoms with E-state index in [1.54, 1.807) is 13.0 Å². The Balaban J connectivity index is 4.85. The van der Waals surface area contributed by atoms with Gasteiger partial charge in [-0.05, 0) is 62.4 Å². The van der Waals surface area contributed by atoms with E-state index < -0.39 is 11.9 Å². The van der Waals surface area contributed by atoms with Gasteiger partial charge in [0, 0.05) is 5.57 Å². The van der Waals surface area contributed by atoms with Gasteiger partial charge < -0.3 is 9.84 Å². The summed E-state index contributed by atoms with van der Waals surface area (Å²) in [5.41, 5.74) is 1.18. The van der Waals surface area contributed by atoms with Crippen molar-refractivity contribution in [3.63, 3.8) is 0 Å². The number of ether oxygens (including phenoxy) is 1. The zero-order valence-corrected chi connectivity index (χ0v) is 19.2. The van der Waals surface area contributed by atoms with Crippen LogP contribution in [0.25, 0.3) is 0 Å². The summed E-state index contributed by atoms with van der Waals surface area (Å²) in [6.07, 6.45) is 8.85. The number of allylic oxidation sites excluding steroid dienone is 3. The lowest BCUT2D eigenvalue weighted by molar-refractivity contribution is -0.144. The Morgan fingerprint density at radius 2 is 1.50 bits per heavy atom. The third-order valence-corrected chi connectivity index (χ3v) is 5.43. The Labute approximate surface area is 172 Å². The van der Waals surface area contributed by atoms with Gasteiger partial charge in [0.15, 0.2) is 0 Å². The number of methoxy groups -OCH3 is 1. The molecule has 0 aromatic carbocycles. The first-order valence-corrected chi connectivity index (χ1v) is 10.7. The summed E-state index contributed by atoms with van der Waals surface area (Å²) in [5, 5.41) is 9.45. The van der Waals surface area contributed by atoms with E-state index in [4.69, 9.17) is 4.74 Å². The van der Waals surface area contributed by atoms with Crippen LogP contribution in [0.3, 0.4) is 0 Å². The zero-order valence-electron chi connectivity index (χ0n) is 19.2. The van der Waals surface area contributed by atoms with E-state index in [1.807, 2.05) is 6.92 Å². The second-order valence-electron chi connectivity index (χ2n) is 8.92. The Kier molecular flexibility index (Phi) is 12.8. The molecule has 4 nitrogen and oxygen atoms in total. The second kappa shape index (κ2) is 13.6. The van der Waals surface area contributed by atoms with Crippen molar-refractivity contribution in [2.75, 3.05) is 7.11 Å². The average Bonchev–Trinajstić information content (AvgIpc) is 2.59. The molecule has 0 aromatic rings. The van der Waals surface area contributed by atoms with Crippen LogP contribution in [0.2, 0.25) is 0 Å². The summed E-state index contributed by atoms with van der Waals surface area (Å²) in [6.45, 7) is 15.0. The van der Waals surface area contributed by atoms with E-state index >= 15 is 0 Å². The minimum atomic E-state index is -0.983. The van der Waals surface area contributed by atoms with Crippen LogP contribution in [0.4, 0.5) is 0 Å². The van der Waals surface area contributed by atoms with Gasteiger partial charge in [0.2, 0.25) is 0 Å². The number of hydrogen-bond donors (Lipinski definition) is 1.